The van der Waals surface area contributed by atoms with E-state index in [4.69, 9.17) is 4.74 Å². The number of benzene rings is 2. The second-order valence-corrected chi connectivity index (χ2v) is 9.05. The lowest BCUT2D eigenvalue weighted by molar-refractivity contribution is 0.0240. The van der Waals surface area contributed by atoms with Crippen LogP contribution in [0.2, 0.25) is 0 Å². The Hall–Kier alpha value is -3.36. The molecule has 0 atom stereocenters. The number of aromatic nitrogens is 2. The Morgan fingerprint density at radius 3 is 2.36 bits per heavy atom. The summed E-state index contributed by atoms with van der Waals surface area (Å²) in [7, 11) is 0. The number of hydrogen-bond donors (Lipinski definition) is 0. The summed E-state index contributed by atoms with van der Waals surface area (Å²) in [6.45, 7) is 8.95. The molecule has 3 aromatic rings. The van der Waals surface area contributed by atoms with Crippen molar-refractivity contribution < 1.29 is 22.7 Å². The highest BCUT2D eigenvalue weighted by atomic mass is 19.1. The van der Waals surface area contributed by atoms with Crippen molar-refractivity contribution >= 4 is 22.8 Å². The summed E-state index contributed by atoms with van der Waals surface area (Å²) in [5, 5.41) is 0.490. The lowest BCUT2D eigenvalue weighted by Crippen LogP contribution is -2.50. The first-order valence-corrected chi connectivity index (χ1v) is 10.7. The second kappa shape index (κ2) is 8.53. The van der Waals surface area contributed by atoms with Crippen molar-refractivity contribution in [1.29, 1.82) is 0 Å². The van der Waals surface area contributed by atoms with Crippen LogP contribution in [0.3, 0.4) is 0 Å². The monoisotopic (exact) mass is 458 g/mol. The molecule has 0 aliphatic carbocycles. The minimum Gasteiger partial charge on any atom is -0.444 e. The fraction of sp³-hybridized carbons (Fsp3) is 0.375. The lowest BCUT2D eigenvalue weighted by atomic mass is 9.97. The quantitative estimate of drug-likeness (QED) is 0.536. The molecule has 1 aliphatic rings. The fourth-order valence-electron chi connectivity index (χ4n) is 3.98. The molecular formula is C24H25F3N4O2. The number of anilines is 1. The molecule has 1 fully saturated rings. The topological polar surface area (TPSA) is 58.6 Å². The third-order valence-electron chi connectivity index (χ3n) is 5.48. The van der Waals surface area contributed by atoms with Gasteiger partial charge in [-0.05, 0) is 51.5 Å². The number of amides is 1. The highest BCUT2D eigenvalue weighted by Crippen LogP contribution is 2.36. The highest BCUT2D eigenvalue weighted by molar-refractivity contribution is 5.94. The highest BCUT2D eigenvalue weighted by Gasteiger charge is 2.28. The molecular weight excluding hydrogens is 433 g/mol. The average Bonchev–Trinajstić information content (AvgIpc) is 2.74. The van der Waals surface area contributed by atoms with E-state index < -0.39 is 23.1 Å². The van der Waals surface area contributed by atoms with Crippen molar-refractivity contribution in [3.05, 3.63) is 53.6 Å². The Kier molecular flexibility index (Phi) is 5.90. The van der Waals surface area contributed by atoms with Gasteiger partial charge in [-0.15, -0.1) is 0 Å². The first-order chi connectivity index (χ1) is 15.5. The van der Waals surface area contributed by atoms with E-state index >= 15 is 4.39 Å². The fourth-order valence-corrected chi connectivity index (χ4v) is 3.98. The zero-order valence-electron chi connectivity index (χ0n) is 19.0. The summed E-state index contributed by atoms with van der Waals surface area (Å²) in [4.78, 5) is 24.4. The van der Waals surface area contributed by atoms with Crippen LogP contribution >= 0.6 is 0 Å². The molecule has 6 nitrogen and oxygen atoms in total. The molecule has 2 heterocycles. The molecule has 1 aliphatic heterocycles. The first-order valence-electron chi connectivity index (χ1n) is 10.7. The van der Waals surface area contributed by atoms with E-state index in [1.54, 1.807) is 17.9 Å². The van der Waals surface area contributed by atoms with Crippen LogP contribution in [0.4, 0.5) is 23.8 Å². The number of piperazine rings is 1. The zero-order chi connectivity index (χ0) is 23.9. The Bertz CT molecular complexity index is 1220. The van der Waals surface area contributed by atoms with Crippen molar-refractivity contribution in [3.8, 4) is 11.1 Å². The standard InChI is InChI=1S/C24H25F3N4O2/c1-14-11-17-21(20(27)19(14)16-6-5-15(25)12-18(16)26)28-13-29-22(17)30-7-9-31(10-8-30)23(32)33-24(2,3)4/h5-6,11-13H,7-10H2,1-4H3. The van der Waals surface area contributed by atoms with Gasteiger partial charge in [0.25, 0.3) is 0 Å². The number of halogens is 3. The largest absolute Gasteiger partial charge is 0.444 e. The Morgan fingerprint density at radius 1 is 1.03 bits per heavy atom. The van der Waals surface area contributed by atoms with Crippen LogP contribution in [-0.2, 0) is 4.74 Å². The summed E-state index contributed by atoms with van der Waals surface area (Å²) >= 11 is 0. The molecule has 1 saturated heterocycles. The molecule has 1 aromatic heterocycles. The molecule has 2 aromatic carbocycles. The van der Waals surface area contributed by atoms with Crippen molar-refractivity contribution in [1.82, 2.24) is 14.9 Å². The van der Waals surface area contributed by atoms with Crippen molar-refractivity contribution in [2.75, 3.05) is 31.1 Å². The number of nitrogens with zero attached hydrogens (tertiary/aromatic N) is 4. The van der Waals surface area contributed by atoms with E-state index in [1.165, 1.54) is 12.4 Å². The number of rotatable bonds is 2. The van der Waals surface area contributed by atoms with Crippen LogP contribution in [0.5, 0.6) is 0 Å². The van der Waals surface area contributed by atoms with Crippen LogP contribution < -0.4 is 4.90 Å². The van der Waals surface area contributed by atoms with Crippen molar-refractivity contribution in [3.63, 3.8) is 0 Å². The average molecular weight is 458 g/mol. The SMILES string of the molecule is Cc1cc2c(N3CCN(C(=O)OC(C)(C)C)CC3)ncnc2c(F)c1-c1ccc(F)cc1F. The van der Waals surface area contributed by atoms with Gasteiger partial charge in [0.15, 0.2) is 5.82 Å². The van der Waals surface area contributed by atoms with Gasteiger partial charge in [0.1, 0.15) is 34.9 Å². The molecule has 0 N–H and O–H groups in total. The van der Waals surface area contributed by atoms with Gasteiger partial charge in [0.2, 0.25) is 0 Å². The van der Waals surface area contributed by atoms with Gasteiger partial charge in [-0.2, -0.15) is 0 Å². The third-order valence-corrected chi connectivity index (χ3v) is 5.48. The number of carbonyl (C=O) groups is 1. The van der Waals surface area contributed by atoms with E-state index in [0.29, 0.717) is 42.9 Å². The maximum absolute atomic E-state index is 15.5. The predicted octanol–water partition coefficient (Wildman–Crippen LogP) is 5.08. The van der Waals surface area contributed by atoms with Crippen LogP contribution in [-0.4, -0.2) is 52.7 Å². The van der Waals surface area contributed by atoms with E-state index in [1.807, 2.05) is 25.7 Å². The summed E-state index contributed by atoms with van der Waals surface area (Å²) < 4.78 is 48.7. The van der Waals surface area contributed by atoms with Crippen LogP contribution in [0.25, 0.3) is 22.0 Å². The normalized spacial score (nSPS) is 14.6. The predicted molar refractivity (Wildman–Crippen MR) is 120 cm³/mol. The molecule has 4 rings (SSSR count). The number of aryl methyl sites for hydroxylation is 1. The van der Waals surface area contributed by atoms with Crippen LogP contribution in [0, 0.1) is 24.4 Å². The van der Waals surface area contributed by atoms with Crippen molar-refractivity contribution in [2.24, 2.45) is 0 Å². The van der Waals surface area contributed by atoms with Crippen LogP contribution in [0.15, 0.2) is 30.6 Å². The van der Waals surface area contributed by atoms with Gasteiger partial charge in [0, 0.05) is 48.8 Å². The Morgan fingerprint density at radius 2 is 1.73 bits per heavy atom. The van der Waals surface area contributed by atoms with Gasteiger partial charge in [-0.25, -0.2) is 27.9 Å². The number of fused-ring (bicyclic) bond motifs is 1. The molecule has 0 spiro atoms. The van der Waals surface area contributed by atoms with E-state index in [2.05, 4.69) is 9.97 Å². The zero-order valence-corrected chi connectivity index (χ0v) is 19.0. The number of carbonyl (C=O) groups excluding carboxylic acids is 1. The molecule has 0 bridgehead atoms. The minimum absolute atomic E-state index is 0.0283. The van der Waals surface area contributed by atoms with Gasteiger partial charge < -0.3 is 14.5 Å². The Balaban J connectivity index is 1.65. The van der Waals surface area contributed by atoms with Gasteiger partial charge >= 0.3 is 6.09 Å². The van der Waals surface area contributed by atoms with Crippen molar-refractivity contribution in [2.45, 2.75) is 33.3 Å². The summed E-state index contributed by atoms with van der Waals surface area (Å²) in [6.07, 6.45) is 0.892. The smallest absolute Gasteiger partial charge is 0.410 e. The molecule has 0 unspecified atom stereocenters. The molecule has 0 radical (unpaired) electrons. The molecule has 33 heavy (non-hydrogen) atoms. The Labute approximate surface area is 190 Å². The molecule has 1 amide bonds. The van der Waals surface area contributed by atoms with Gasteiger partial charge in [-0.1, -0.05) is 0 Å². The number of hydrogen-bond acceptors (Lipinski definition) is 5. The van der Waals surface area contributed by atoms with Gasteiger partial charge in [-0.3, -0.25) is 0 Å². The maximum atomic E-state index is 15.5. The molecule has 0 saturated carbocycles. The lowest BCUT2D eigenvalue weighted by Gasteiger charge is -2.36. The summed E-state index contributed by atoms with van der Waals surface area (Å²) in [6, 6.07) is 4.76. The first kappa shape index (κ1) is 22.8. The van der Waals surface area contributed by atoms with E-state index in [0.717, 1.165) is 12.1 Å². The minimum atomic E-state index is -0.844. The summed E-state index contributed by atoms with van der Waals surface area (Å²) in [5.41, 5.74) is -0.0277. The molecule has 174 valence electrons. The van der Waals surface area contributed by atoms with Crippen LogP contribution in [0.1, 0.15) is 26.3 Å². The third kappa shape index (κ3) is 4.58. The van der Waals surface area contributed by atoms with E-state index in [-0.39, 0.29) is 22.7 Å². The second-order valence-electron chi connectivity index (χ2n) is 9.05. The summed E-state index contributed by atoms with van der Waals surface area (Å²) in [5.74, 6) is -1.72. The maximum Gasteiger partial charge on any atom is 0.410 e. The molecule has 9 heteroatoms. The van der Waals surface area contributed by atoms with E-state index in [9.17, 15) is 13.6 Å². The number of ether oxygens (including phenoxy) is 1. The van der Waals surface area contributed by atoms with Gasteiger partial charge in [0.05, 0.1) is 0 Å².